The first-order chi connectivity index (χ1) is 13.2. The molecule has 1 aliphatic heterocycles. The molecule has 5 rings (SSSR count). The third kappa shape index (κ3) is 2.84. The second-order valence-corrected chi connectivity index (χ2v) is 7.02. The monoisotopic (exact) mass is 365 g/mol. The van der Waals surface area contributed by atoms with Crippen molar-refractivity contribution >= 4 is 22.8 Å². The van der Waals surface area contributed by atoms with Gasteiger partial charge in [-0.25, -0.2) is 4.98 Å². The van der Waals surface area contributed by atoms with Crippen LogP contribution in [0.5, 0.6) is 0 Å². The summed E-state index contributed by atoms with van der Waals surface area (Å²) >= 11 is 0. The van der Waals surface area contributed by atoms with Crippen molar-refractivity contribution in [2.24, 2.45) is 0 Å². The van der Waals surface area contributed by atoms with E-state index in [0.717, 1.165) is 49.2 Å². The number of piperazine rings is 1. The molecule has 3 heterocycles. The van der Waals surface area contributed by atoms with Crippen LogP contribution in [-0.4, -0.2) is 50.7 Å². The summed E-state index contributed by atoms with van der Waals surface area (Å²) in [6, 6.07) is 6.74. The molecule has 9 nitrogen and oxygen atoms in total. The topological polar surface area (TPSA) is 92.7 Å². The van der Waals surface area contributed by atoms with Gasteiger partial charge in [-0.2, -0.15) is 0 Å². The summed E-state index contributed by atoms with van der Waals surface area (Å²) in [5, 5.41) is 19.6. The molecule has 27 heavy (non-hydrogen) atoms. The Balaban J connectivity index is 1.33. The summed E-state index contributed by atoms with van der Waals surface area (Å²) in [6.07, 6.45) is 6.14. The van der Waals surface area contributed by atoms with Gasteiger partial charge in [-0.3, -0.25) is 14.5 Å². The fourth-order valence-corrected chi connectivity index (χ4v) is 3.64. The van der Waals surface area contributed by atoms with E-state index in [0.29, 0.717) is 5.92 Å². The lowest BCUT2D eigenvalue weighted by atomic mass is 10.2. The van der Waals surface area contributed by atoms with Gasteiger partial charge in [0.05, 0.1) is 4.92 Å². The Morgan fingerprint density at radius 2 is 1.70 bits per heavy atom. The maximum atomic E-state index is 10.8. The number of aromatic nitrogens is 4. The van der Waals surface area contributed by atoms with Gasteiger partial charge in [0.15, 0.2) is 5.82 Å². The van der Waals surface area contributed by atoms with Crippen molar-refractivity contribution in [2.45, 2.75) is 18.8 Å². The lowest BCUT2D eigenvalue weighted by Crippen LogP contribution is -2.47. The van der Waals surface area contributed by atoms with Gasteiger partial charge in [0, 0.05) is 62.3 Å². The summed E-state index contributed by atoms with van der Waals surface area (Å²) in [5.41, 5.74) is 1.94. The first kappa shape index (κ1) is 16.0. The molecule has 2 fully saturated rings. The van der Waals surface area contributed by atoms with Crippen molar-refractivity contribution in [3.8, 4) is 0 Å². The van der Waals surface area contributed by atoms with E-state index in [1.54, 1.807) is 12.1 Å². The van der Waals surface area contributed by atoms with Crippen LogP contribution in [0.3, 0.4) is 0 Å². The summed E-state index contributed by atoms with van der Waals surface area (Å²) in [5.74, 6) is 2.45. The molecule has 0 N–H and O–H groups in total. The Morgan fingerprint density at radius 1 is 1.00 bits per heavy atom. The highest BCUT2D eigenvalue weighted by Crippen LogP contribution is 2.39. The second kappa shape index (κ2) is 6.19. The fraction of sp³-hybridized carbons (Fsp3) is 0.389. The minimum absolute atomic E-state index is 0.117. The Hall–Kier alpha value is -3.23. The summed E-state index contributed by atoms with van der Waals surface area (Å²) < 4.78 is 2.07. The number of non-ortho nitro benzene ring substituents is 1. The van der Waals surface area contributed by atoms with Crippen molar-refractivity contribution in [1.29, 1.82) is 0 Å². The van der Waals surface area contributed by atoms with E-state index in [9.17, 15) is 10.1 Å². The van der Waals surface area contributed by atoms with Crippen LogP contribution < -0.4 is 9.80 Å². The molecule has 138 valence electrons. The average molecular weight is 365 g/mol. The van der Waals surface area contributed by atoms with E-state index < -0.39 is 0 Å². The first-order valence-electron chi connectivity index (χ1n) is 9.15. The van der Waals surface area contributed by atoms with Crippen molar-refractivity contribution in [1.82, 2.24) is 19.6 Å². The molecule has 1 saturated carbocycles. The number of nitro groups is 1. The maximum absolute atomic E-state index is 10.8. The van der Waals surface area contributed by atoms with Crippen molar-refractivity contribution < 1.29 is 4.92 Å². The molecule has 0 amide bonds. The molecule has 0 radical (unpaired) electrons. The highest BCUT2D eigenvalue weighted by Gasteiger charge is 2.30. The predicted octanol–water partition coefficient (Wildman–Crippen LogP) is 2.24. The number of nitro benzene ring substituents is 1. The summed E-state index contributed by atoms with van der Waals surface area (Å²) in [4.78, 5) is 19.5. The molecule has 1 saturated heterocycles. The van der Waals surface area contributed by atoms with Crippen LogP contribution in [0.15, 0.2) is 36.7 Å². The quantitative estimate of drug-likeness (QED) is 0.517. The molecule has 2 aliphatic rings. The van der Waals surface area contributed by atoms with Gasteiger partial charge in [0.1, 0.15) is 5.82 Å². The molecule has 1 aliphatic carbocycles. The van der Waals surface area contributed by atoms with Crippen LogP contribution in [-0.2, 0) is 0 Å². The molecule has 2 aromatic heterocycles. The standard InChI is InChI=1S/C18H19N7O2/c26-25(27)15-5-3-14(4-6-15)22-9-11-23(12-10-22)17-18-21-20-16(13-1-2-13)24(18)8-7-19-17/h3-8,13H,1-2,9-12H2. The number of nitrogens with zero attached hydrogens (tertiary/aromatic N) is 7. The van der Waals surface area contributed by atoms with Gasteiger partial charge in [-0.05, 0) is 25.0 Å². The molecule has 0 bridgehead atoms. The number of rotatable bonds is 4. The third-order valence-corrected chi connectivity index (χ3v) is 5.28. The molecule has 1 aromatic carbocycles. The minimum Gasteiger partial charge on any atom is -0.368 e. The maximum Gasteiger partial charge on any atom is 0.269 e. The SMILES string of the molecule is O=[N+]([O-])c1ccc(N2CCN(c3nccn4c(C5CC5)nnc34)CC2)cc1. The average Bonchev–Trinajstić information content (AvgIpc) is 3.46. The van der Waals surface area contributed by atoms with Gasteiger partial charge in [-0.15, -0.1) is 10.2 Å². The number of fused-ring (bicyclic) bond motifs is 1. The number of hydrogen-bond donors (Lipinski definition) is 0. The number of benzene rings is 1. The zero-order valence-corrected chi connectivity index (χ0v) is 14.7. The van der Waals surface area contributed by atoms with E-state index >= 15 is 0 Å². The van der Waals surface area contributed by atoms with Gasteiger partial charge in [0.25, 0.3) is 5.69 Å². The Morgan fingerprint density at radius 3 is 2.37 bits per heavy atom. The van der Waals surface area contributed by atoms with Crippen LogP contribution in [0, 0.1) is 10.1 Å². The number of anilines is 2. The van der Waals surface area contributed by atoms with E-state index in [-0.39, 0.29) is 10.6 Å². The normalized spacial score (nSPS) is 17.5. The number of hydrogen-bond acceptors (Lipinski definition) is 7. The van der Waals surface area contributed by atoms with Crippen LogP contribution in [0.1, 0.15) is 24.6 Å². The lowest BCUT2D eigenvalue weighted by molar-refractivity contribution is -0.384. The van der Waals surface area contributed by atoms with Crippen molar-refractivity contribution in [2.75, 3.05) is 36.0 Å². The Labute approximate surface area is 155 Å². The highest BCUT2D eigenvalue weighted by molar-refractivity contribution is 5.65. The lowest BCUT2D eigenvalue weighted by Gasteiger charge is -2.36. The molecular formula is C18H19N7O2. The van der Waals surface area contributed by atoms with Crippen LogP contribution >= 0.6 is 0 Å². The highest BCUT2D eigenvalue weighted by atomic mass is 16.6. The first-order valence-corrected chi connectivity index (χ1v) is 9.15. The van der Waals surface area contributed by atoms with Crippen LogP contribution in [0.4, 0.5) is 17.2 Å². The van der Waals surface area contributed by atoms with Gasteiger partial charge >= 0.3 is 0 Å². The predicted molar refractivity (Wildman–Crippen MR) is 100 cm³/mol. The van der Waals surface area contributed by atoms with Crippen molar-refractivity contribution in [3.63, 3.8) is 0 Å². The van der Waals surface area contributed by atoms with Crippen LogP contribution in [0.25, 0.3) is 5.65 Å². The van der Waals surface area contributed by atoms with E-state index in [1.165, 1.54) is 12.8 Å². The molecule has 0 unspecified atom stereocenters. The van der Waals surface area contributed by atoms with E-state index in [2.05, 4.69) is 29.4 Å². The second-order valence-electron chi connectivity index (χ2n) is 7.02. The molecule has 0 spiro atoms. The Kier molecular flexibility index (Phi) is 3.66. The zero-order valence-electron chi connectivity index (χ0n) is 14.7. The third-order valence-electron chi connectivity index (χ3n) is 5.28. The molecule has 9 heteroatoms. The van der Waals surface area contributed by atoms with Gasteiger partial charge in [0.2, 0.25) is 5.65 Å². The smallest absolute Gasteiger partial charge is 0.269 e. The van der Waals surface area contributed by atoms with E-state index in [4.69, 9.17) is 0 Å². The Bertz CT molecular complexity index is 989. The largest absolute Gasteiger partial charge is 0.368 e. The molecular weight excluding hydrogens is 346 g/mol. The van der Waals surface area contributed by atoms with E-state index in [1.807, 2.05) is 24.5 Å². The zero-order chi connectivity index (χ0) is 18.4. The van der Waals surface area contributed by atoms with Crippen molar-refractivity contribution in [3.05, 3.63) is 52.6 Å². The van der Waals surface area contributed by atoms with Crippen LogP contribution in [0.2, 0.25) is 0 Å². The van der Waals surface area contributed by atoms with Gasteiger partial charge < -0.3 is 9.80 Å². The summed E-state index contributed by atoms with van der Waals surface area (Å²) in [6.45, 7) is 3.28. The summed E-state index contributed by atoms with van der Waals surface area (Å²) in [7, 11) is 0. The minimum atomic E-state index is -0.373. The molecule has 0 atom stereocenters. The molecule has 3 aromatic rings. The van der Waals surface area contributed by atoms with Gasteiger partial charge in [-0.1, -0.05) is 0 Å². The fourth-order valence-electron chi connectivity index (χ4n) is 3.64.